The molecule has 1 aliphatic rings. The first-order valence-electron chi connectivity index (χ1n) is 12.2. The van der Waals surface area contributed by atoms with Gasteiger partial charge >= 0.3 is 0 Å². The van der Waals surface area contributed by atoms with Gasteiger partial charge in [0.2, 0.25) is 0 Å². The molecule has 0 bridgehead atoms. The standard InChI is InChI=1S/C31H29NOPS/c1-4-32(5-2)22-16-18-26-28(20-22)34(24-12-8-6-9-13-24,25-14-10-7-11-15-25)30-27-21-23(33-3)17-19-29(27)35-31(26)30/h6-21H,4-5H2,1-3H3/q+1. The van der Waals surface area contributed by atoms with E-state index in [9.17, 15) is 0 Å². The number of nitrogens with zero attached hydrogens (tertiary/aromatic N) is 1. The first-order chi connectivity index (χ1) is 17.2. The van der Waals surface area contributed by atoms with Gasteiger partial charge in [-0.25, -0.2) is 0 Å². The van der Waals surface area contributed by atoms with Crippen molar-refractivity contribution < 1.29 is 4.74 Å². The van der Waals surface area contributed by atoms with Crippen molar-refractivity contribution in [2.24, 2.45) is 0 Å². The van der Waals surface area contributed by atoms with Crippen LogP contribution in [0.1, 0.15) is 13.8 Å². The predicted octanol–water partition coefficient (Wildman–Crippen LogP) is 6.36. The van der Waals surface area contributed by atoms with Crippen LogP contribution < -0.4 is 30.9 Å². The molecule has 0 saturated carbocycles. The van der Waals surface area contributed by atoms with E-state index in [0.717, 1.165) is 18.8 Å². The van der Waals surface area contributed by atoms with Gasteiger partial charge in [-0.2, -0.15) is 0 Å². The molecular formula is C31H29NOPS+. The van der Waals surface area contributed by atoms with Crippen molar-refractivity contribution >= 4 is 55.6 Å². The van der Waals surface area contributed by atoms with Crippen LogP contribution in [0.4, 0.5) is 5.69 Å². The highest BCUT2D eigenvalue weighted by Crippen LogP contribution is 2.64. The molecule has 174 valence electrons. The van der Waals surface area contributed by atoms with Gasteiger partial charge in [-0.05, 0) is 68.4 Å². The molecule has 0 atom stereocenters. The molecule has 1 aliphatic heterocycles. The third-order valence-corrected chi connectivity index (χ3v) is 12.9. The van der Waals surface area contributed by atoms with Gasteiger partial charge in [0.25, 0.3) is 0 Å². The molecule has 4 heteroatoms. The number of methoxy groups -OCH3 is 1. The Balaban J connectivity index is 1.79. The van der Waals surface area contributed by atoms with E-state index < -0.39 is 7.26 Å². The van der Waals surface area contributed by atoms with Gasteiger partial charge in [0.05, 0.1) is 12.0 Å². The molecule has 1 aromatic heterocycles. The Labute approximate surface area is 212 Å². The maximum Gasteiger partial charge on any atom is 0.147 e. The molecule has 2 nitrogen and oxygen atoms in total. The van der Waals surface area contributed by atoms with Crippen LogP contribution in [0.15, 0.2) is 97.1 Å². The largest absolute Gasteiger partial charge is 0.497 e. The number of hydrogen-bond acceptors (Lipinski definition) is 3. The third kappa shape index (κ3) is 3.26. The summed E-state index contributed by atoms with van der Waals surface area (Å²) in [7, 11) is -0.359. The van der Waals surface area contributed by atoms with E-state index in [4.69, 9.17) is 4.74 Å². The summed E-state index contributed by atoms with van der Waals surface area (Å²) in [6.07, 6.45) is 0. The first-order valence-corrected chi connectivity index (χ1v) is 14.8. The van der Waals surface area contributed by atoms with Crippen LogP contribution in [0.5, 0.6) is 5.75 Å². The van der Waals surface area contributed by atoms with Crippen LogP contribution in [0.25, 0.3) is 20.5 Å². The highest BCUT2D eigenvalue weighted by Gasteiger charge is 2.57. The highest BCUT2D eigenvalue weighted by atomic mass is 32.1. The molecule has 2 heterocycles. The maximum atomic E-state index is 5.70. The summed E-state index contributed by atoms with van der Waals surface area (Å²) >= 11 is 1.92. The van der Waals surface area contributed by atoms with Crippen LogP contribution in [-0.2, 0) is 0 Å². The Morgan fingerprint density at radius 2 is 1.43 bits per heavy atom. The van der Waals surface area contributed by atoms with Crippen molar-refractivity contribution in [1.82, 2.24) is 0 Å². The second-order valence-electron chi connectivity index (χ2n) is 8.86. The first kappa shape index (κ1) is 22.3. The van der Waals surface area contributed by atoms with E-state index in [1.54, 1.807) is 7.11 Å². The lowest BCUT2D eigenvalue weighted by molar-refractivity contribution is 0.415. The average molecular weight is 495 g/mol. The van der Waals surface area contributed by atoms with Gasteiger partial charge in [0, 0.05) is 40.5 Å². The number of fused-ring (bicyclic) bond motifs is 5. The summed E-state index contributed by atoms with van der Waals surface area (Å²) in [6.45, 7) is 6.48. The Hall–Kier alpha value is -3.13. The van der Waals surface area contributed by atoms with Crippen LogP contribution in [0.3, 0.4) is 0 Å². The van der Waals surface area contributed by atoms with E-state index >= 15 is 0 Å². The average Bonchev–Trinajstić information content (AvgIpc) is 3.43. The fourth-order valence-corrected chi connectivity index (χ4v) is 12.1. The molecule has 0 amide bonds. The normalized spacial score (nSPS) is 13.5. The Kier molecular flexibility index (Phi) is 5.63. The molecule has 0 saturated heterocycles. The number of benzene rings is 4. The number of rotatable bonds is 6. The van der Waals surface area contributed by atoms with Crippen molar-refractivity contribution in [3.05, 3.63) is 97.1 Å². The van der Waals surface area contributed by atoms with E-state index in [2.05, 4.69) is 116 Å². The maximum absolute atomic E-state index is 5.70. The molecule has 5 aromatic rings. The van der Waals surface area contributed by atoms with Crippen molar-refractivity contribution in [3.8, 4) is 16.2 Å². The minimum Gasteiger partial charge on any atom is -0.497 e. The van der Waals surface area contributed by atoms with Gasteiger partial charge in [-0.1, -0.05) is 36.4 Å². The van der Waals surface area contributed by atoms with Crippen LogP contribution in [0, 0.1) is 0 Å². The zero-order chi connectivity index (χ0) is 24.0. The SMILES string of the molecule is CCN(CC)c1ccc2c(c1)[P+](c1ccccc1)(c1ccccc1)c1c-2sc2ccc(OC)cc12. The summed E-state index contributed by atoms with van der Waals surface area (Å²) in [4.78, 5) is 3.87. The number of thiophene rings is 1. The highest BCUT2D eigenvalue weighted by molar-refractivity contribution is 8.03. The fraction of sp³-hybridized carbons (Fsp3) is 0.161. The molecule has 6 rings (SSSR count). The Bertz CT molecular complexity index is 1470. The molecule has 0 radical (unpaired) electrons. The molecule has 35 heavy (non-hydrogen) atoms. The third-order valence-electron chi connectivity index (χ3n) is 7.21. The molecule has 0 fully saturated rings. The summed E-state index contributed by atoms with van der Waals surface area (Å²) < 4.78 is 7.02. The molecule has 0 spiro atoms. The van der Waals surface area contributed by atoms with Crippen molar-refractivity contribution in [3.63, 3.8) is 0 Å². The quantitative estimate of drug-likeness (QED) is 0.250. The minimum absolute atomic E-state index is 0.914. The van der Waals surface area contributed by atoms with E-state index in [1.807, 2.05) is 11.3 Å². The van der Waals surface area contributed by atoms with Crippen molar-refractivity contribution in [2.75, 3.05) is 25.1 Å². The smallest absolute Gasteiger partial charge is 0.147 e. The zero-order valence-electron chi connectivity index (χ0n) is 20.4. The molecular weight excluding hydrogens is 465 g/mol. The minimum atomic E-state index is -2.12. The Morgan fingerprint density at radius 1 is 0.771 bits per heavy atom. The molecule has 0 unspecified atom stereocenters. The topological polar surface area (TPSA) is 12.5 Å². The lowest BCUT2D eigenvalue weighted by Gasteiger charge is -2.26. The van der Waals surface area contributed by atoms with Gasteiger partial charge in [0.1, 0.15) is 34.2 Å². The van der Waals surface area contributed by atoms with Crippen LogP contribution in [-0.4, -0.2) is 20.2 Å². The van der Waals surface area contributed by atoms with Gasteiger partial charge in [-0.15, -0.1) is 11.3 Å². The summed E-state index contributed by atoms with van der Waals surface area (Å²) in [6, 6.07) is 36.2. The summed E-state index contributed by atoms with van der Waals surface area (Å²) in [5.74, 6) is 0.914. The van der Waals surface area contributed by atoms with E-state index in [0.29, 0.717) is 0 Å². The zero-order valence-corrected chi connectivity index (χ0v) is 22.1. The second kappa shape index (κ2) is 8.82. The fourth-order valence-electron chi connectivity index (χ4n) is 5.59. The van der Waals surface area contributed by atoms with E-state index in [1.165, 1.54) is 47.4 Å². The number of hydrogen-bond donors (Lipinski definition) is 0. The molecule has 4 aromatic carbocycles. The predicted molar refractivity (Wildman–Crippen MR) is 156 cm³/mol. The monoisotopic (exact) mass is 494 g/mol. The number of anilines is 1. The Morgan fingerprint density at radius 3 is 2.03 bits per heavy atom. The molecule has 0 aliphatic carbocycles. The van der Waals surface area contributed by atoms with Crippen molar-refractivity contribution in [2.45, 2.75) is 13.8 Å². The lowest BCUT2D eigenvalue weighted by Crippen LogP contribution is -2.36. The van der Waals surface area contributed by atoms with E-state index in [-0.39, 0.29) is 0 Å². The summed E-state index contributed by atoms with van der Waals surface area (Å²) in [5, 5.41) is 7.10. The van der Waals surface area contributed by atoms with Gasteiger partial charge in [0.15, 0.2) is 0 Å². The van der Waals surface area contributed by atoms with Crippen LogP contribution in [0.2, 0.25) is 0 Å². The van der Waals surface area contributed by atoms with Crippen molar-refractivity contribution in [1.29, 1.82) is 0 Å². The molecule has 0 N–H and O–H groups in total. The number of ether oxygens (including phenoxy) is 1. The second-order valence-corrected chi connectivity index (χ2v) is 13.2. The lowest BCUT2D eigenvalue weighted by atomic mass is 10.1. The van der Waals surface area contributed by atoms with Gasteiger partial charge < -0.3 is 9.64 Å². The van der Waals surface area contributed by atoms with Gasteiger partial charge in [-0.3, -0.25) is 0 Å². The summed E-state index contributed by atoms with van der Waals surface area (Å²) in [5.41, 5.74) is 2.69. The van der Waals surface area contributed by atoms with Crippen LogP contribution >= 0.6 is 18.6 Å².